The van der Waals surface area contributed by atoms with Gasteiger partial charge in [-0.2, -0.15) is 5.26 Å². The van der Waals surface area contributed by atoms with Crippen LogP contribution in [-0.4, -0.2) is 13.2 Å². The SMILES string of the molecule is Cc1ccc(Br)cc1C(N)C1(C#N)COC1. The zero-order chi connectivity index (χ0) is 11.8. The van der Waals surface area contributed by atoms with Crippen LogP contribution in [0.3, 0.4) is 0 Å². The summed E-state index contributed by atoms with van der Waals surface area (Å²) >= 11 is 3.42. The summed E-state index contributed by atoms with van der Waals surface area (Å²) in [5.74, 6) is 0. The lowest BCUT2D eigenvalue weighted by atomic mass is 9.76. The van der Waals surface area contributed by atoms with Crippen molar-refractivity contribution in [3.63, 3.8) is 0 Å². The molecule has 4 heteroatoms. The fourth-order valence-corrected chi connectivity index (χ4v) is 2.26. The maximum atomic E-state index is 9.21. The van der Waals surface area contributed by atoms with Gasteiger partial charge in [0.25, 0.3) is 0 Å². The highest BCUT2D eigenvalue weighted by Crippen LogP contribution is 2.39. The summed E-state index contributed by atoms with van der Waals surface area (Å²) in [4.78, 5) is 0. The van der Waals surface area contributed by atoms with Gasteiger partial charge in [0.1, 0.15) is 5.41 Å². The molecular weight excluding hydrogens is 268 g/mol. The van der Waals surface area contributed by atoms with E-state index in [9.17, 15) is 5.26 Å². The van der Waals surface area contributed by atoms with E-state index in [1.807, 2.05) is 25.1 Å². The first-order valence-corrected chi connectivity index (χ1v) is 5.89. The summed E-state index contributed by atoms with van der Waals surface area (Å²) in [6.45, 7) is 2.86. The van der Waals surface area contributed by atoms with Gasteiger partial charge < -0.3 is 10.5 Å². The van der Waals surface area contributed by atoms with Crippen LogP contribution in [0.1, 0.15) is 17.2 Å². The van der Waals surface area contributed by atoms with E-state index in [-0.39, 0.29) is 6.04 Å². The molecule has 2 N–H and O–H groups in total. The Morgan fingerprint density at radius 2 is 2.25 bits per heavy atom. The first kappa shape index (κ1) is 11.6. The van der Waals surface area contributed by atoms with Gasteiger partial charge in [-0.05, 0) is 30.2 Å². The van der Waals surface area contributed by atoms with Crippen LogP contribution >= 0.6 is 15.9 Å². The van der Waals surface area contributed by atoms with Crippen molar-refractivity contribution in [2.75, 3.05) is 13.2 Å². The van der Waals surface area contributed by atoms with Gasteiger partial charge in [0.15, 0.2) is 0 Å². The van der Waals surface area contributed by atoms with Crippen molar-refractivity contribution in [2.45, 2.75) is 13.0 Å². The first-order chi connectivity index (χ1) is 7.59. The Bertz CT molecular complexity index is 449. The summed E-state index contributed by atoms with van der Waals surface area (Å²) in [5.41, 5.74) is 7.76. The molecule has 1 fully saturated rings. The zero-order valence-corrected chi connectivity index (χ0v) is 10.6. The molecule has 3 nitrogen and oxygen atoms in total. The van der Waals surface area contributed by atoms with Crippen LogP contribution in [0.4, 0.5) is 0 Å². The number of benzene rings is 1. The third-order valence-corrected chi connectivity index (χ3v) is 3.61. The van der Waals surface area contributed by atoms with Crippen molar-refractivity contribution in [1.29, 1.82) is 5.26 Å². The maximum Gasteiger partial charge on any atom is 0.123 e. The van der Waals surface area contributed by atoms with Crippen LogP contribution in [0, 0.1) is 23.7 Å². The lowest BCUT2D eigenvalue weighted by Gasteiger charge is -2.40. The average molecular weight is 281 g/mol. The summed E-state index contributed by atoms with van der Waals surface area (Å²) in [5, 5.41) is 9.21. The summed E-state index contributed by atoms with van der Waals surface area (Å²) in [6, 6.07) is 7.97. The summed E-state index contributed by atoms with van der Waals surface area (Å²) < 4.78 is 6.11. The van der Waals surface area contributed by atoms with E-state index < -0.39 is 5.41 Å². The Morgan fingerprint density at radius 3 is 2.75 bits per heavy atom. The molecule has 0 aliphatic carbocycles. The number of rotatable bonds is 2. The van der Waals surface area contributed by atoms with Crippen molar-refractivity contribution in [3.8, 4) is 6.07 Å². The molecular formula is C12H13BrN2O. The predicted octanol–water partition coefficient (Wildman–Crippen LogP) is 2.30. The molecule has 1 unspecified atom stereocenters. The number of aryl methyl sites for hydroxylation is 1. The van der Waals surface area contributed by atoms with Gasteiger partial charge in [0.05, 0.1) is 25.3 Å². The molecule has 1 aromatic rings. The predicted molar refractivity (Wildman–Crippen MR) is 64.7 cm³/mol. The van der Waals surface area contributed by atoms with Crippen molar-refractivity contribution >= 4 is 15.9 Å². The van der Waals surface area contributed by atoms with Crippen LogP contribution in [0.5, 0.6) is 0 Å². The second-order valence-corrected chi connectivity index (χ2v) is 5.15. The van der Waals surface area contributed by atoms with Crippen LogP contribution in [0.25, 0.3) is 0 Å². The number of nitriles is 1. The Morgan fingerprint density at radius 1 is 1.56 bits per heavy atom. The second-order valence-electron chi connectivity index (χ2n) is 4.24. The third-order valence-electron chi connectivity index (χ3n) is 3.11. The fourth-order valence-electron chi connectivity index (χ4n) is 1.88. The Hall–Kier alpha value is -0.890. The molecule has 0 saturated carbocycles. The highest BCUT2D eigenvalue weighted by atomic mass is 79.9. The van der Waals surface area contributed by atoms with Gasteiger partial charge in [-0.3, -0.25) is 0 Å². The number of hydrogen-bond donors (Lipinski definition) is 1. The number of nitrogens with zero attached hydrogens (tertiary/aromatic N) is 1. The Kier molecular flexibility index (Phi) is 3.02. The van der Waals surface area contributed by atoms with Crippen molar-refractivity contribution in [2.24, 2.45) is 11.1 Å². The fraction of sp³-hybridized carbons (Fsp3) is 0.417. The number of halogens is 1. The highest BCUT2D eigenvalue weighted by molar-refractivity contribution is 9.10. The molecule has 0 radical (unpaired) electrons. The minimum absolute atomic E-state index is 0.288. The lowest BCUT2D eigenvalue weighted by Crippen LogP contribution is -2.49. The molecule has 0 aromatic heterocycles. The van der Waals surface area contributed by atoms with Crippen molar-refractivity contribution in [3.05, 3.63) is 33.8 Å². The van der Waals surface area contributed by atoms with E-state index >= 15 is 0 Å². The van der Waals surface area contributed by atoms with Gasteiger partial charge in [-0.25, -0.2) is 0 Å². The van der Waals surface area contributed by atoms with Crippen LogP contribution in [-0.2, 0) is 4.74 Å². The Balaban J connectivity index is 2.37. The van der Waals surface area contributed by atoms with E-state index in [1.165, 1.54) is 0 Å². The van der Waals surface area contributed by atoms with Gasteiger partial charge in [-0.15, -0.1) is 0 Å². The molecule has 0 amide bonds. The lowest BCUT2D eigenvalue weighted by molar-refractivity contribution is -0.0911. The monoisotopic (exact) mass is 280 g/mol. The molecule has 1 aliphatic rings. The van der Waals surface area contributed by atoms with Gasteiger partial charge in [-0.1, -0.05) is 22.0 Å². The smallest absolute Gasteiger partial charge is 0.123 e. The quantitative estimate of drug-likeness (QED) is 0.904. The molecule has 16 heavy (non-hydrogen) atoms. The molecule has 0 spiro atoms. The van der Waals surface area contributed by atoms with Gasteiger partial charge >= 0.3 is 0 Å². The van der Waals surface area contributed by atoms with Crippen LogP contribution in [0.15, 0.2) is 22.7 Å². The largest absolute Gasteiger partial charge is 0.378 e. The van der Waals surface area contributed by atoms with Crippen molar-refractivity contribution in [1.82, 2.24) is 0 Å². The average Bonchev–Trinajstić information content (AvgIpc) is 2.21. The Labute approximate surface area is 103 Å². The molecule has 2 rings (SSSR count). The minimum Gasteiger partial charge on any atom is -0.378 e. The first-order valence-electron chi connectivity index (χ1n) is 5.10. The van der Waals surface area contributed by atoms with Crippen molar-refractivity contribution < 1.29 is 4.74 Å². The van der Waals surface area contributed by atoms with Gasteiger partial charge in [0.2, 0.25) is 0 Å². The molecule has 1 aromatic carbocycles. The van der Waals surface area contributed by atoms with Gasteiger partial charge in [0, 0.05) is 4.47 Å². The molecule has 0 bridgehead atoms. The summed E-state index contributed by atoms with van der Waals surface area (Å²) in [6.07, 6.45) is 0. The normalized spacial score (nSPS) is 19.6. The molecule has 1 aliphatic heterocycles. The van der Waals surface area contributed by atoms with E-state index in [4.69, 9.17) is 10.5 Å². The van der Waals surface area contributed by atoms with Crippen LogP contribution in [0.2, 0.25) is 0 Å². The minimum atomic E-state index is -0.550. The van der Waals surface area contributed by atoms with E-state index in [2.05, 4.69) is 22.0 Å². The molecule has 1 saturated heterocycles. The van der Waals surface area contributed by atoms with Crippen LogP contribution < -0.4 is 5.73 Å². The number of hydrogen-bond acceptors (Lipinski definition) is 3. The molecule has 1 heterocycles. The standard InChI is InChI=1S/C12H13BrN2O/c1-8-2-3-9(13)4-10(8)11(15)12(5-14)6-16-7-12/h2-4,11H,6-7,15H2,1H3. The van der Waals surface area contributed by atoms with E-state index in [0.717, 1.165) is 15.6 Å². The third kappa shape index (κ3) is 1.75. The number of nitrogens with two attached hydrogens (primary N) is 1. The van der Waals surface area contributed by atoms with E-state index in [0.29, 0.717) is 13.2 Å². The second kappa shape index (κ2) is 4.17. The molecule has 1 atom stereocenters. The highest BCUT2D eigenvalue weighted by Gasteiger charge is 2.45. The van der Waals surface area contributed by atoms with E-state index in [1.54, 1.807) is 0 Å². The topological polar surface area (TPSA) is 59.0 Å². The molecule has 84 valence electrons. The number of ether oxygens (including phenoxy) is 1. The zero-order valence-electron chi connectivity index (χ0n) is 9.03. The maximum absolute atomic E-state index is 9.21. The summed E-state index contributed by atoms with van der Waals surface area (Å²) in [7, 11) is 0.